The van der Waals surface area contributed by atoms with Gasteiger partial charge < -0.3 is 15.4 Å². The van der Waals surface area contributed by atoms with Crippen molar-refractivity contribution in [2.75, 3.05) is 19.0 Å². The van der Waals surface area contributed by atoms with E-state index < -0.39 is 5.97 Å². The van der Waals surface area contributed by atoms with Gasteiger partial charge in [0.05, 0.1) is 7.11 Å². The monoisotopic (exact) mass is 306 g/mol. The summed E-state index contributed by atoms with van der Waals surface area (Å²) in [5.41, 5.74) is 1.04. The number of carbonyl (C=O) groups is 3. The fourth-order valence-electron chi connectivity index (χ4n) is 1.67. The second kappa shape index (κ2) is 8.81. The Hall–Kier alpha value is -2.37. The van der Waals surface area contributed by atoms with Gasteiger partial charge in [-0.2, -0.15) is 0 Å². The molecule has 0 aliphatic heterocycles. The minimum Gasteiger partial charge on any atom is -0.468 e. The van der Waals surface area contributed by atoms with Crippen LogP contribution in [0.4, 0.5) is 5.69 Å². The van der Waals surface area contributed by atoms with E-state index in [0.29, 0.717) is 23.6 Å². The molecular weight excluding hydrogens is 284 g/mol. The Kier molecular flexibility index (Phi) is 7.08. The topological polar surface area (TPSA) is 84.5 Å². The number of hydrogen-bond acceptors (Lipinski definition) is 4. The van der Waals surface area contributed by atoms with Crippen LogP contribution in [0.5, 0.6) is 0 Å². The molecule has 1 aromatic rings. The first-order chi connectivity index (χ1) is 10.4. The fraction of sp³-hybridized carbons (Fsp3) is 0.438. The highest BCUT2D eigenvalue weighted by Crippen LogP contribution is 2.11. The van der Waals surface area contributed by atoms with Crippen LogP contribution in [0, 0.1) is 5.92 Å². The van der Waals surface area contributed by atoms with Crippen molar-refractivity contribution in [3.8, 4) is 0 Å². The van der Waals surface area contributed by atoms with Crippen molar-refractivity contribution >= 4 is 23.5 Å². The molecular formula is C16H22N2O4. The molecule has 0 aromatic heterocycles. The summed E-state index contributed by atoms with van der Waals surface area (Å²) >= 11 is 0. The SMILES string of the molecule is COC(=O)CNC(=O)c1ccc(NC(=O)CCC(C)C)cc1. The highest BCUT2D eigenvalue weighted by atomic mass is 16.5. The first kappa shape index (κ1) is 17.7. The van der Waals surface area contributed by atoms with E-state index in [9.17, 15) is 14.4 Å². The van der Waals surface area contributed by atoms with Gasteiger partial charge in [0.2, 0.25) is 5.91 Å². The van der Waals surface area contributed by atoms with Gasteiger partial charge in [-0.05, 0) is 36.6 Å². The van der Waals surface area contributed by atoms with Gasteiger partial charge in [0.1, 0.15) is 6.54 Å². The number of ether oxygens (including phenoxy) is 1. The number of amides is 2. The number of rotatable bonds is 7. The van der Waals surface area contributed by atoms with Crippen LogP contribution < -0.4 is 10.6 Å². The lowest BCUT2D eigenvalue weighted by atomic mass is 10.1. The second-order valence-corrected chi connectivity index (χ2v) is 5.32. The number of nitrogens with one attached hydrogen (secondary N) is 2. The third-order valence-corrected chi connectivity index (χ3v) is 3.00. The normalized spacial score (nSPS) is 10.2. The molecule has 22 heavy (non-hydrogen) atoms. The largest absolute Gasteiger partial charge is 0.468 e. The van der Waals surface area contributed by atoms with Crippen molar-refractivity contribution in [2.24, 2.45) is 5.92 Å². The predicted molar refractivity (Wildman–Crippen MR) is 83.5 cm³/mol. The van der Waals surface area contributed by atoms with Crippen molar-refractivity contribution in [1.29, 1.82) is 0 Å². The Labute approximate surface area is 130 Å². The van der Waals surface area contributed by atoms with Crippen LogP contribution in [0.1, 0.15) is 37.0 Å². The molecule has 1 rings (SSSR count). The molecule has 0 fully saturated rings. The third-order valence-electron chi connectivity index (χ3n) is 3.00. The van der Waals surface area contributed by atoms with E-state index in [-0.39, 0.29) is 18.4 Å². The van der Waals surface area contributed by atoms with E-state index in [4.69, 9.17) is 0 Å². The number of hydrogen-bond donors (Lipinski definition) is 2. The molecule has 0 atom stereocenters. The van der Waals surface area contributed by atoms with E-state index in [1.807, 2.05) is 0 Å². The molecule has 6 heteroatoms. The minimum absolute atomic E-state index is 0.0448. The van der Waals surface area contributed by atoms with Crippen LogP contribution in [0.3, 0.4) is 0 Å². The molecule has 0 aliphatic rings. The zero-order chi connectivity index (χ0) is 16.5. The van der Waals surface area contributed by atoms with Crippen molar-refractivity contribution < 1.29 is 19.1 Å². The molecule has 1 aromatic carbocycles. The zero-order valence-electron chi connectivity index (χ0n) is 13.1. The summed E-state index contributed by atoms with van der Waals surface area (Å²) in [5.74, 6) is -0.450. The molecule has 120 valence electrons. The lowest BCUT2D eigenvalue weighted by molar-refractivity contribution is -0.139. The summed E-state index contributed by atoms with van der Waals surface area (Å²) in [5, 5.41) is 5.22. The molecule has 0 radical (unpaired) electrons. The van der Waals surface area contributed by atoms with Crippen LogP contribution in [-0.2, 0) is 14.3 Å². The predicted octanol–water partition coefficient (Wildman–Crippen LogP) is 1.96. The van der Waals surface area contributed by atoms with E-state index in [0.717, 1.165) is 6.42 Å². The van der Waals surface area contributed by atoms with Gasteiger partial charge in [0, 0.05) is 17.7 Å². The van der Waals surface area contributed by atoms with Crippen LogP contribution in [0.25, 0.3) is 0 Å². The van der Waals surface area contributed by atoms with Crippen LogP contribution >= 0.6 is 0 Å². The summed E-state index contributed by atoms with van der Waals surface area (Å²) < 4.78 is 4.44. The summed E-state index contributed by atoms with van der Waals surface area (Å²) in [6.07, 6.45) is 1.30. The Bertz CT molecular complexity index is 523. The van der Waals surface area contributed by atoms with Crippen molar-refractivity contribution in [2.45, 2.75) is 26.7 Å². The average Bonchev–Trinajstić information content (AvgIpc) is 2.51. The molecule has 0 unspecified atom stereocenters. The number of anilines is 1. The van der Waals surface area contributed by atoms with Crippen LogP contribution in [-0.4, -0.2) is 31.4 Å². The number of methoxy groups -OCH3 is 1. The van der Waals surface area contributed by atoms with Gasteiger partial charge in [-0.1, -0.05) is 13.8 Å². The minimum atomic E-state index is -0.512. The lowest BCUT2D eigenvalue weighted by Crippen LogP contribution is -2.30. The Morgan fingerprint density at radius 3 is 2.32 bits per heavy atom. The first-order valence-electron chi connectivity index (χ1n) is 7.17. The van der Waals surface area contributed by atoms with Crippen molar-refractivity contribution in [1.82, 2.24) is 5.32 Å². The van der Waals surface area contributed by atoms with Gasteiger partial charge in [-0.15, -0.1) is 0 Å². The first-order valence-corrected chi connectivity index (χ1v) is 7.17. The summed E-state index contributed by atoms with van der Waals surface area (Å²) in [6, 6.07) is 6.48. The molecule has 0 bridgehead atoms. The quantitative estimate of drug-likeness (QED) is 0.754. The molecule has 2 N–H and O–H groups in total. The van der Waals surface area contributed by atoms with Crippen molar-refractivity contribution in [3.05, 3.63) is 29.8 Å². The van der Waals surface area contributed by atoms with Gasteiger partial charge in [0.15, 0.2) is 0 Å². The molecule has 2 amide bonds. The molecule has 0 heterocycles. The highest BCUT2D eigenvalue weighted by molar-refractivity contribution is 5.97. The zero-order valence-corrected chi connectivity index (χ0v) is 13.1. The fourth-order valence-corrected chi connectivity index (χ4v) is 1.67. The molecule has 0 saturated carbocycles. The summed E-state index contributed by atoms with van der Waals surface area (Å²) in [7, 11) is 1.26. The number of benzene rings is 1. The van der Waals surface area contributed by atoms with E-state index in [1.54, 1.807) is 24.3 Å². The molecule has 0 saturated heterocycles. The van der Waals surface area contributed by atoms with E-state index in [2.05, 4.69) is 29.2 Å². The van der Waals surface area contributed by atoms with Crippen LogP contribution in [0.2, 0.25) is 0 Å². The second-order valence-electron chi connectivity index (χ2n) is 5.32. The summed E-state index contributed by atoms with van der Waals surface area (Å²) in [4.78, 5) is 34.4. The maximum atomic E-state index is 11.8. The van der Waals surface area contributed by atoms with Gasteiger partial charge in [0.25, 0.3) is 5.91 Å². The maximum absolute atomic E-state index is 11.8. The van der Waals surface area contributed by atoms with Gasteiger partial charge in [-0.3, -0.25) is 14.4 Å². The summed E-state index contributed by atoms with van der Waals surface area (Å²) in [6.45, 7) is 3.95. The number of esters is 1. The maximum Gasteiger partial charge on any atom is 0.325 e. The Morgan fingerprint density at radius 2 is 1.77 bits per heavy atom. The van der Waals surface area contributed by atoms with E-state index in [1.165, 1.54) is 7.11 Å². The van der Waals surface area contributed by atoms with E-state index >= 15 is 0 Å². The highest BCUT2D eigenvalue weighted by Gasteiger charge is 2.09. The Morgan fingerprint density at radius 1 is 1.14 bits per heavy atom. The molecule has 0 aliphatic carbocycles. The number of carbonyl (C=O) groups excluding carboxylic acids is 3. The van der Waals surface area contributed by atoms with Crippen molar-refractivity contribution in [3.63, 3.8) is 0 Å². The third kappa shape index (κ3) is 6.39. The standard InChI is InChI=1S/C16H22N2O4/c1-11(2)4-9-14(19)18-13-7-5-12(6-8-13)16(21)17-10-15(20)22-3/h5-8,11H,4,9-10H2,1-3H3,(H,17,21)(H,18,19). The average molecular weight is 306 g/mol. The Balaban J connectivity index is 2.50. The lowest BCUT2D eigenvalue weighted by Gasteiger charge is -2.08. The molecule has 0 spiro atoms. The van der Waals surface area contributed by atoms with Crippen LogP contribution in [0.15, 0.2) is 24.3 Å². The molecule has 6 nitrogen and oxygen atoms in total. The smallest absolute Gasteiger partial charge is 0.325 e. The van der Waals surface area contributed by atoms with Gasteiger partial charge in [-0.25, -0.2) is 0 Å². The van der Waals surface area contributed by atoms with Gasteiger partial charge >= 0.3 is 5.97 Å².